The van der Waals surface area contributed by atoms with E-state index in [2.05, 4.69) is 5.32 Å². The van der Waals surface area contributed by atoms with Gasteiger partial charge >= 0.3 is 0 Å². The third kappa shape index (κ3) is 3.68. The van der Waals surface area contributed by atoms with Gasteiger partial charge in [0.1, 0.15) is 5.60 Å². The number of carbonyl (C=O) groups excluding carboxylic acids is 1. The van der Waals surface area contributed by atoms with Gasteiger partial charge in [-0.25, -0.2) is 12.7 Å². The Kier molecular flexibility index (Phi) is 5.21. The number of thiophene rings is 1. The van der Waals surface area contributed by atoms with Crippen LogP contribution in [0.1, 0.15) is 28.1 Å². The van der Waals surface area contributed by atoms with Crippen LogP contribution in [-0.2, 0) is 15.6 Å². The molecule has 0 aliphatic heterocycles. The van der Waals surface area contributed by atoms with Gasteiger partial charge in [-0.1, -0.05) is 6.07 Å². The maximum Gasteiger partial charge on any atom is 0.251 e. The molecule has 3 rings (SSSR count). The molecule has 1 saturated carbocycles. The zero-order chi connectivity index (χ0) is 18.9. The monoisotopic (exact) mass is 394 g/mol. The molecule has 1 aromatic carbocycles. The molecule has 140 valence electrons. The zero-order valence-electron chi connectivity index (χ0n) is 14.7. The summed E-state index contributed by atoms with van der Waals surface area (Å²) in [6.45, 7) is 0.134. The molecule has 0 bridgehead atoms. The van der Waals surface area contributed by atoms with Gasteiger partial charge in [-0.2, -0.15) is 0 Å². The van der Waals surface area contributed by atoms with Gasteiger partial charge in [-0.05, 0) is 54.5 Å². The normalized spacial score (nSPS) is 17.1. The van der Waals surface area contributed by atoms with Crippen molar-refractivity contribution in [1.82, 2.24) is 9.62 Å². The second-order valence-corrected chi connectivity index (χ2v) is 9.77. The van der Waals surface area contributed by atoms with Crippen LogP contribution in [0.2, 0.25) is 0 Å². The summed E-state index contributed by atoms with van der Waals surface area (Å²) in [5.41, 5.74) is -0.690. The van der Waals surface area contributed by atoms with Crippen LogP contribution in [0.4, 0.5) is 0 Å². The molecule has 26 heavy (non-hydrogen) atoms. The van der Waals surface area contributed by atoms with Gasteiger partial charge in [0.15, 0.2) is 0 Å². The van der Waals surface area contributed by atoms with Crippen molar-refractivity contribution in [2.45, 2.75) is 23.3 Å². The summed E-state index contributed by atoms with van der Waals surface area (Å²) >= 11 is 1.48. The largest absolute Gasteiger partial charge is 0.382 e. The van der Waals surface area contributed by atoms with Crippen LogP contribution in [0.3, 0.4) is 0 Å². The Balaban J connectivity index is 1.70. The van der Waals surface area contributed by atoms with Gasteiger partial charge in [0.2, 0.25) is 10.0 Å². The van der Waals surface area contributed by atoms with Crippen LogP contribution in [0.25, 0.3) is 0 Å². The van der Waals surface area contributed by atoms with Crippen LogP contribution in [-0.4, -0.2) is 44.4 Å². The molecule has 1 heterocycles. The molecule has 1 atom stereocenters. The van der Waals surface area contributed by atoms with Crippen molar-refractivity contribution < 1.29 is 18.3 Å². The average Bonchev–Trinajstić information content (AvgIpc) is 3.34. The van der Waals surface area contributed by atoms with E-state index in [-0.39, 0.29) is 23.3 Å². The first kappa shape index (κ1) is 19.0. The first-order valence-electron chi connectivity index (χ1n) is 8.32. The highest BCUT2D eigenvalue weighted by Crippen LogP contribution is 2.46. The molecule has 1 aliphatic rings. The van der Waals surface area contributed by atoms with Gasteiger partial charge in [0, 0.05) is 24.5 Å². The fourth-order valence-electron chi connectivity index (χ4n) is 2.82. The highest BCUT2D eigenvalue weighted by atomic mass is 32.2. The molecule has 1 aromatic heterocycles. The molecule has 0 saturated heterocycles. The molecule has 2 aromatic rings. The molecule has 2 N–H and O–H groups in total. The molecular formula is C18H22N2O4S2. The second kappa shape index (κ2) is 7.11. The third-order valence-electron chi connectivity index (χ3n) is 4.61. The van der Waals surface area contributed by atoms with Crippen molar-refractivity contribution in [2.24, 2.45) is 5.92 Å². The topological polar surface area (TPSA) is 86.7 Å². The molecule has 0 radical (unpaired) electrons. The SMILES string of the molecule is CN(C)S(=O)(=O)c1ccc(C(=O)NCC(O)(c2cccs2)C2CC2)cc1. The van der Waals surface area contributed by atoms with E-state index in [0.29, 0.717) is 5.56 Å². The van der Waals surface area contributed by atoms with Crippen LogP contribution < -0.4 is 5.32 Å². The molecule has 8 heteroatoms. The number of rotatable bonds is 7. The van der Waals surface area contributed by atoms with Crippen molar-refractivity contribution in [3.05, 3.63) is 52.2 Å². The van der Waals surface area contributed by atoms with Crippen LogP contribution in [0, 0.1) is 5.92 Å². The quantitative estimate of drug-likeness (QED) is 0.752. The summed E-state index contributed by atoms with van der Waals surface area (Å²) in [5.74, 6) is -0.177. The number of hydrogen-bond donors (Lipinski definition) is 2. The van der Waals surface area contributed by atoms with Crippen molar-refractivity contribution in [2.75, 3.05) is 20.6 Å². The standard InChI is InChI=1S/C18H22N2O4S2/c1-20(2)26(23,24)15-9-5-13(6-10-15)17(21)19-12-18(22,14-7-8-14)16-4-3-11-25-16/h3-6,9-11,14,22H,7-8,12H2,1-2H3,(H,19,21). The predicted octanol–water partition coefficient (Wildman–Crippen LogP) is 2.03. The number of aliphatic hydroxyl groups is 1. The average molecular weight is 395 g/mol. The van der Waals surface area contributed by atoms with Crippen molar-refractivity contribution in [1.29, 1.82) is 0 Å². The number of nitrogens with one attached hydrogen (secondary N) is 1. The minimum atomic E-state index is -3.52. The highest BCUT2D eigenvalue weighted by molar-refractivity contribution is 7.89. The first-order valence-corrected chi connectivity index (χ1v) is 10.6. The van der Waals surface area contributed by atoms with E-state index in [1.54, 1.807) is 0 Å². The zero-order valence-corrected chi connectivity index (χ0v) is 16.3. The van der Waals surface area contributed by atoms with Crippen LogP contribution in [0.5, 0.6) is 0 Å². The minimum absolute atomic E-state index is 0.132. The Morgan fingerprint density at radius 2 is 1.92 bits per heavy atom. The van der Waals surface area contributed by atoms with Crippen LogP contribution >= 0.6 is 11.3 Å². The summed E-state index contributed by atoms with van der Waals surface area (Å²) in [5, 5.41) is 15.7. The lowest BCUT2D eigenvalue weighted by Gasteiger charge is -2.27. The number of nitrogens with zero attached hydrogens (tertiary/aromatic N) is 1. The van der Waals surface area contributed by atoms with Crippen molar-refractivity contribution in [3.63, 3.8) is 0 Å². The van der Waals surface area contributed by atoms with E-state index in [1.165, 1.54) is 49.7 Å². The molecule has 1 amide bonds. The van der Waals surface area contributed by atoms with E-state index in [1.807, 2.05) is 17.5 Å². The summed E-state index contributed by atoms with van der Waals surface area (Å²) in [6, 6.07) is 9.56. The lowest BCUT2D eigenvalue weighted by Crippen LogP contribution is -2.42. The number of hydrogen-bond acceptors (Lipinski definition) is 5. The molecule has 6 nitrogen and oxygen atoms in total. The summed E-state index contributed by atoms with van der Waals surface area (Å²) in [6.07, 6.45) is 1.89. The maximum atomic E-state index is 12.4. The Labute approximate surface area is 157 Å². The second-order valence-electron chi connectivity index (χ2n) is 6.67. The van der Waals surface area contributed by atoms with Gasteiger partial charge in [0.25, 0.3) is 5.91 Å². The number of sulfonamides is 1. The number of benzene rings is 1. The molecule has 1 fully saturated rings. The van der Waals surface area contributed by atoms with Gasteiger partial charge in [-0.3, -0.25) is 4.79 Å². The molecule has 0 spiro atoms. The Morgan fingerprint density at radius 3 is 2.42 bits per heavy atom. The van der Waals surface area contributed by atoms with Crippen molar-refractivity contribution in [3.8, 4) is 0 Å². The molecule has 1 unspecified atom stereocenters. The van der Waals surface area contributed by atoms with E-state index in [0.717, 1.165) is 22.0 Å². The Hall–Kier alpha value is -1.74. The minimum Gasteiger partial charge on any atom is -0.382 e. The predicted molar refractivity (Wildman–Crippen MR) is 101 cm³/mol. The number of carbonyl (C=O) groups is 1. The fourth-order valence-corrected chi connectivity index (χ4v) is 4.63. The van der Waals surface area contributed by atoms with E-state index in [9.17, 15) is 18.3 Å². The lowest BCUT2D eigenvalue weighted by molar-refractivity contribution is 0.0169. The molecular weight excluding hydrogens is 372 g/mol. The highest BCUT2D eigenvalue weighted by Gasteiger charge is 2.46. The van der Waals surface area contributed by atoms with E-state index >= 15 is 0 Å². The summed E-state index contributed by atoms with van der Waals surface area (Å²) in [4.78, 5) is 13.4. The Bertz CT molecular complexity index is 872. The van der Waals surface area contributed by atoms with Gasteiger partial charge < -0.3 is 10.4 Å². The van der Waals surface area contributed by atoms with E-state index < -0.39 is 15.6 Å². The van der Waals surface area contributed by atoms with Crippen LogP contribution in [0.15, 0.2) is 46.7 Å². The van der Waals surface area contributed by atoms with Gasteiger partial charge in [0.05, 0.1) is 11.4 Å². The van der Waals surface area contributed by atoms with Gasteiger partial charge in [-0.15, -0.1) is 11.3 Å². The fraction of sp³-hybridized carbons (Fsp3) is 0.389. The summed E-state index contributed by atoms with van der Waals surface area (Å²) < 4.78 is 25.3. The smallest absolute Gasteiger partial charge is 0.251 e. The van der Waals surface area contributed by atoms with E-state index in [4.69, 9.17) is 0 Å². The van der Waals surface area contributed by atoms with Crippen molar-refractivity contribution >= 4 is 27.3 Å². The lowest BCUT2D eigenvalue weighted by atomic mass is 9.95. The first-order chi connectivity index (χ1) is 12.2. The number of amides is 1. The molecule has 1 aliphatic carbocycles. The summed E-state index contributed by atoms with van der Waals surface area (Å²) in [7, 11) is -0.609. The third-order valence-corrected chi connectivity index (χ3v) is 7.48. The maximum absolute atomic E-state index is 12.4. The Morgan fingerprint density at radius 1 is 1.27 bits per heavy atom.